The van der Waals surface area contributed by atoms with Crippen LogP contribution in [-0.2, 0) is 0 Å². The van der Waals surface area contributed by atoms with E-state index in [1.54, 1.807) is 23.1 Å². The normalized spacial score (nSPS) is 13.8. The maximum atomic E-state index is 12.1. The number of thiophene rings is 1. The zero-order valence-electron chi connectivity index (χ0n) is 12.5. The molecule has 1 aliphatic rings. The molecular weight excluding hydrogens is 314 g/mol. The van der Waals surface area contributed by atoms with Crippen molar-refractivity contribution in [2.45, 2.75) is 24.8 Å². The molecule has 0 fully saturated rings. The van der Waals surface area contributed by atoms with Crippen LogP contribution in [0.1, 0.15) is 29.4 Å². The highest BCUT2D eigenvalue weighted by atomic mass is 32.2. The smallest absolute Gasteiger partial charge is 0.261 e. The van der Waals surface area contributed by atoms with Crippen molar-refractivity contribution < 1.29 is 4.79 Å². The van der Waals surface area contributed by atoms with Crippen molar-refractivity contribution in [3.8, 4) is 0 Å². The summed E-state index contributed by atoms with van der Waals surface area (Å²) in [6, 6.07) is 8.00. The number of hydrogen-bond donors (Lipinski definition) is 1. The average Bonchev–Trinajstić information content (AvgIpc) is 3.04. The molecule has 0 aromatic carbocycles. The fraction of sp³-hybridized carbons (Fsp3) is 0.375. The number of fused-ring (bicyclic) bond motifs is 1. The summed E-state index contributed by atoms with van der Waals surface area (Å²) < 4.78 is 0. The minimum absolute atomic E-state index is 0.0301. The van der Waals surface area contributed by atoms with Crippen molar-refractivity contribution >= 4 is 39.7 Å². The molecular formula is C16H19N3OS2. The number of amides is 1. The van der Waals surface area contributed by atoms with Gasteiger partial charge in [-0.25, -0.2) is 4.98 Å². The number of aromatic nitrogens is 1. The van der Waals surface area contributed by atoms with Crippen LogP contribution in [0.15, 0.2) is 35.5 Å². The molecule has 1 aliphatic heterocycles. The highest BCUT2D eigenvalue weighted by Crippen LogP contribution is 2.39. The van der Waals surface area contributed by atoms with Crippen LogP contribution in [0.5, 0.6) is 0 Å². The first-order valence-electron chi connectivity index (χ1n) is 7.53. The number of nitrogens with zero attached hydrogens (tertiary/aromatic N) is 2. The molecule has 0 spiro atoms. The molecule has 116 valence electrons. The summed E-state index contributed by atoms with van der Waals surface area (Å²) in [5.74, 6) is 1.04. The van der Waals surface area contributed by atoms with Crippen LogP contribution >= 0.6 is 23.1 Å². The fourth-order valence-corrected chi connectivity index (χ4v) is 4.23. The quantitative estimate of drug-likeness (QED) is 0.843. The second-order valence-corrected chi connectivity index (χ2v) is 7.22. The fourth-order valence-electron chi connectivity index (χ4n) is 2.34. The molecule has 6 heteroatoms. The molecule has 0 radical (unpaired) electrons. The Kier molecular flexibility index (Phi) is 5.00. The summed E-state index contributed by atoms with van der Waals surface area (Å²) in [4.78, 5) is 19.6. The van der Waals surface area contributed by atoms with Gasteiger partial charge in [-0.3, -0.25) is 4.79 Å². The van der Waals surface area contributed by atoms with Gasteiger partial charge in [-0.2, -0.15) is 0 Å². The van der Waals surface area contributed by atoms with Gasteiger partial charge in [0.05, 0.1) is 15.6 Å². The molecule has 4 nitrogen and oxygen atoms in total. The van der Waals surface area contributed by atoms with E-state index in [4.69, 9.17) is 0 Å². The Morgan fingerprint density at radius 2 is 2.32 bits per heavy atom. The number of rotatable bonds is 5. The first-order valence-corrected chi connectivity index (χ1v) is 9.33. The van der Waals surface area contributed by atoms with E-state index in [0.29, 0.717) is 0 Å². The Labute approximate surface area is 138 Å². The van der Waals surface area contributed by atoms with Crippen LogP contribution in [0, 0.1) is 0 Å². The molecule has 1 amide bonds. The van der Waals surface area contributed by atoms with Crippen molar-refractivity contribution in [2.24, 2.45) is 0 Å². The maximum absolute atomic E-state index is 12.1. The zero-order chi connectivity index (χ0) is 15.4. The predicted octanol–water partition coefficient (Wildman–Crippen LogP) is 3.92. The second-order valence-electron chi connectivity index (χ2n) is 5.08. The first kappa shape index (κ1) is 15.4. The average molecular weight is 333 g/mol. The van der Waals surface area contributed by atoms with Crippen molar-refractivity contribution in [3.63, 3.8) is 0 Å². The highest BCUT2D eigenvalue weighted by molar-refractivity contribution is 7.99. The Morgan fingerprint density at radius 3 is 3.18 bits per heavy atom. The van der Waals surface area contributed by atoms with E-state index in [0.717, 1.165) is 52.3 Å². The largest absolute Gasteiger partial charge is 0.351 e. The van der Waals surface area contributed by atoms with Crippen LogP contribution in [-0.4, -0.2) is 29.7 Å². The summed E-state index contributed by atoms with van der Waals surface area (Å²) in [6.07, 6.45) is 3.94. The standard InChI is InChI=1S/C16H19N3OS2/c1-2-3-8-17-15(20)13-6-7-14(22-13)19-10-11-21-16-12(19)5-4-9-18-16/h4-7,9H,2-3,8,10-11H2,1H3,(H,17,20). The Hall–Kier alpha value is -1.53. The van der Waals surface area contributed by atoms with E-state index in [9.17, 15) is 4.79 Å². The molecule has 3 heterocycles. The molecule has 2 aromatic rings. The highest BCUT2D eigenvalue weighted by Gasteiger charge is 2.21. The SMILES string of the molecule is CCCCNC(=O)c1ccc(N2CCSc3ncccc32)s1. The molecule has 22 heavy (non-hydrogen) atoms. The summed E-state index contributed by atoms with van der Waals surface area (Å²) in [5, 5.41) is 5.14. The molecule has 2 aromatic heterocycles. The van der Waals surface area contributed by atoms with E-state index < -0.39 is 0 Å². The van der Waals surface area contributed by atoms with Gasteiger partial charge in [0.1, 0.15) is 5.03 Å². The summed E-state index contributed by atoms with van der Waals surface area (Å²) in [5.41, 5.74) is 1.14. The first-order chi connectivity index (χ1) is 10.8. The van der Waals surface area contributed by atoms with Crippen LogP contribution in [0.2, 0.25) is 0 Å². The number of unbranched alkanes of at least 4 members (excludes halogenated alkanes) is 1. The van der Waals surface area contributed by atoms with Crippen molar-refractivity contribution in [1.29, 1.82) is 0 Å². The molecule has 3 rings (SSSR count). The summed E-state index contributed by atoms with van der Waals surface area (Å²) in [6.45, 7) is 3.81. The number of carbonyl (C=O) groups is 1. The van der Waals surface area contributed by atoms with Gasteiger partial charge < -0.3 is 10.2 Å². The number of anilines is 2. The van der Waals surface area contributed by atoms with Crippen molar-refractivity contribution in [3.05, 3.63) is 35.3 Å². The third-order valence-electron chi connectivity index (χ3n) is 3.49. The predicted molar refractivity (Wildman–Crippen MR) is 93.5 cm³/mol. The van der Waals surface area contributed by atoms with E-state index >= 15 is 0 Å². The molecule has 0 atom stereocenters. The zero-order valence-corrected chi connectivity index (χ0v) is 14.2. The third kappa shape index (κ3) is 3.28. The number of carbonyl (C=O) groups excluding carboxylic acids is 1. The summed E-state index contributed by atoms with van der Waals surface area (Å²) in [7, 11) is 0. The third-order valence-corrected chi connectivity index (χ3v) is 5.57. The topological polar surface area (TPSA) is 45.2 Å². The van der Waals surface area contributed by atoms with Gasteiger partial charge in [0.2, 0.25) is 0 Å². The number of thioether (sulfide) groups is 1. The van der Waals surface area contributed by atoms with Gasteiger partial charge in [-0.05, 0) is 30.7 Å². The lowest BCUT2D eigenvalue weighted by Gasteiger charge is -2.28. The lowest BCUT2D eigenvalue weighted by Crippen LogP contribution is -2.24. The summed E-state index contributed by atoms with van der Waals surface area (Å²) >= 11 is 3.33. The van der Waals surface area contributed by atoms with Crippen LogP contribution in [0.25, 0.3) is 0 Å². The Morgan fingerprint density at radius 1 is 1.41 bits per heavy atom. The number of pyridine rings is 1. The lowest BCUT2D eigenvalue weighted by molar-refractivity contribution is 0.0957. The van der Waals surface area contributed by atoms with E-state index in [1.165, 1.54) is 0 Å². The van der Waals surface area contributed by atoms with Crippen molar-refractivity contribution in [2.75, 3.05) is 23.7 Å². The van der Waals surface area contributed by atoms with Crippen LogP contribution in [0.4, 0.5) is 10.7 Å². The van der Waals surface area contributed by atoms with Gasteiger partial charge in [-0.15, -0.1) is 23.1 Å². The second kappa shape index (κ2) is 7.15. The molecule has 0 bridgehead atoms. The molecule has 1 N–H and O–H groups in total. The maximum Gasteiger partial charge on any atom is 0.261 e. The van der Waals surface area contributed by atoms with Crippen LogP contribution < -0.4 is 10.2 Å². The van der Waals surface area contributed by atoms with E-state index in [-0.39, 0.29) is 5.91 Å². The van der Waals surface area contributed by atoms with Gasteiger partial charge in [0.25, 0.3) is 5.91 Å². The van der Waals surface area contributed by atoms with Crippen LogP contribution in [0.3, 0.4) is 0 Å². The Balaban J connectivity index is 1.76. The molecule has 0 saturated carbocycles. The van der Waals surface area contributed by atoms with Gasteiger partial charge in [0.15, 0.2) is 0 Å². The van der Waals surface area contributed by atoms with E-state index in [2.05, 4.69) is 28.2 Å². The van der Waals surface area contributed by atoms with Gasteiger partial charge in [0, 0.05) is 25.0 Å². The van der Waals surface area contributed by atoms with E-state index in [1.807, 2.05) is 24.4 Å². The van der Waals surface area contributed by atoms with Crippen molar-refractivity contribution in [1.82, 2.24) is 10.3 Å². The molecule has 0 aliphatic carbocycles. The number of nitrogens with one attached hydrogen (secondary N) is 1. The molecule has 0 unspecified atom stereocenters. The minimum atomic E-state index is 0.0301. The molecule has 0 saturated heterocycles. The Bertz CT molecular complexity index is 656. The van der Waals surface area contributed by atoms with Gasteiger partial charge >= 0.3 is 0 Å². The monoisotopic (exact) mass is 333 g/mol. The number of hydrogen-bond acceptors (Lipinski definition) is 5. The lowest BCUT2D eigenvalue weighted by atomic mass is 10.3. The minimum Gasteiger partial charge on any atom is -0.351 e. The van der Waals surface area contributed by atoms with Gasteiger partial charge in [-0.1, -0.05) is 13.3 Å².